The van der Waals surface area contributed by atoms with Gasteiger partial charge in [-0.25, -0.2) is 9.59 Å². The van der Waals surface area contributed by atoms with Gasteiger partial charge in [0.1, 0.15) is 16.9 Å². The van der Waals surface area contributed by atoms with Gasteiger partial charge in [-0.1, -0.05) is 13.3 Å². The van der Waals surface area contributed by atoms with E-state index in [0.29, 0.717) is 51.9 Å². The van der Waals surface area contributed by atoms with Crippen LogP contribution in [0.2, 0.25) is 0 Å². The molecule has 2 aliphatic heterocycles. The first-order valence-electron chi connectivity index (χ1n) is 14.1. The highest BCUT2D eigenvalue weighted by Crippen LogP contribution is 2.62. The molecule has 0 bridgehead atoms. The quantitative estimate of drug-likeness (QED) is 0.299. The van der Waals surface area contributed by atoms with Gasteiger partial charge in [0, 0.05) is 45.8 Å². The van der Waals surface area contributed by atoms with Gasteiger partial charge >= 0.3 is 11.7 Å². The molecule has 2 saturated carbocycles. The highest BCUT2D eigenvalue weighted by atomic mass is 16.5. The Balaban J connectivity index is 1.38. The Kier molecular flexibility index (Phi) is 7.11. The molecule has 2 aliphatic carbocycles. The fourth-order valence-corrected chi connectivity index (χ4v) is 7.31. The van der Waals surface area contributed by atoms with Crippen molar-refractivity contribution >= 4 is 17.8 Å². The molecule has 5 rings (SSSR count). The summed E-state index contributed by atoms with van der Waals surface area (Å²) in [5, 5.41) is 10.8. The number of nitrogens with zero attached hydrogens (tertiary/aromatic N) is 5. The van der Waals surface area contributed by atoms with E-state index in [9.17, 15) is 24.3 Å². The van der Waals surface area contributed by atoms with E-state index in [-0.39, 0.29) is 47.3 Å². The summed E-state index contributed by atoms with van der Waals surface area (Å²) < 4.78 is 7.98. The molecule has 1 atom stereocenters. The summed E-state index contributed by atoms with van der Waals surface area (Å²) in [6.07, 6.45) is 6.20. The Labute approximate surface area is 227 Å². The number of aromatic hydroxyl groups is 1. The summed E-state index contributed by atoms with van der Waals surface area (Å²) in [5.74, 6) is -0.438. The van der Waals surface area contributed by atoms with Gasteiger partial charge in [0.15, 0.2) is 0 Å². The van der Waals surface area contributed by atoms with Crippen molar-refractivity contribution in [1.82, 2.24) is 18.9 Å². The minimum atomic E-state index is -0.803. The summed E-state index contributed by atoms with van der Waals surface area (Å²) in [7, 11) is 3.00. The van der Waals surface area contributed by atoms with Crippen LogP contribution in [0.1, 0.15) is 76.3 Å². The number of hydrogen-bond acceptors (Lipinski definition) is 7. The zero-order valence-electron chi connectivity index (χ0n) is 23.1. The summed E-state index contributed by atoms with van der Waals surface area (Å²) in [6, 6.07) is -0.583. The van der Waals surface area contributed by atoms with Crippen molar-refractivity contribution in [3.63, 3.8) is 0 Å². The number of rotatable bonds is 7. The summed E-state index contributed by atoms with van der Waals surface area (Å²) in [6.45, 7) is 4.07. The average molecular weight is 545 g/mol. The number of unbranched alkanes of at least 4 members (excludes halogenated alkanes) is 1. The van der Waals surface area contributed by atoms with E-state index in [1.807, 2.05) is 6.92 Å². The Morgan fingerprint density at radius 2 is 1.85 bits per heavy atom. The van der Waals surface area contributed by atoms with Gasteiger partial charge in [-0.15, -0.1) is 0 Å². The number of aromatic nitrogens is 2. The van der Waals surface area contributed by atoms with E-state index in [1.54, 1.807) is 11.9 Å². The fraction of sp³-hybridized carbons (Fsp3) is 0.741. The van der Waals surface area contributed by atoms with Crippen LogP contribution in [-0.2, 0) is 16.1 Å². The van der Waals surface area contributed by atoms with Gasteiger partial charge in [0.2, 0.25) is 5.88 Å². The lowest BCUT2D eigenvalue weighted by molar-refractivity contribution is -0.150. The number of likely N-dealkylation sites (N-methyl/N-ethyl adjacent to an activating group) is 1. The molecule has 0 unspecified atom stereocenters. The molecule has 39 heavy (non-hydrogen) atoms. The van der Waals surface area contributed by atoms with Crippen LogP contribution in [0.4, 0.5) is 4.79 Å². The zero-order valence-corrected chi connectivity index (χ0v) is 23.1. The molecular formula is C27H40N6O6. The summed E-state index contributed by atoms with van der Waals surface area (Å²) >= 11 is 0. The van der Waals surface area contributed by atoms with Crippen LogP contribution < -0.4 is 17.0 Å². The molecule has 1 aromatic heterocycles. The predicted molar refractivity (Wildman–Crippen MR) is 144 cm³/mol. The Bertz CT molecular complexity index is 1290. The largest absolute Gasteiger partial charge is 0.494 e. The number of hydrogen-bond donors (Lipinski definition) is 2. The maximum Gasteiger partial charge on any atom is 0.334 e. The third-order valence-corrected chi connectivity index (χ3v) is 9.50. The van der Waals surface area contributed by atoms with Crippen molar-refractivity contribution in [3.8, 4) is 5.88 Å². The summed E-state index contributed by atoms with van der Waals surface area (Å²) in [5.41, 5.74) is 3.76. The molecule has 1 aromatic rings. The minimum absolute atomic E-state index is 0.106. The third kappa shape index (κ3) is 4.27. The third-order valence-electron chi connectivity index (χ3n) is 9.50. The first kappa shape index (κ1) is 27.4. The second kappa shape index (κ2) is 10.1. The topological polar surface area (TPSA) is 152 Å². The molecular weight excluding hydrogens is 504 g/mol. The molecule has 214 valence electrons. The molecule has 2 saturated heterocycles. The zero-order chi connectivity index (χ0) is 28.1. The predicted octanol–water partition coefficient (Wildman–Crippen LogP) is 1.42. The van der Waals surface area contributed by atoms with Gasteiger partial charge in [0.05, 0.1) is 6.61 Å². The Morgan fingerprint density at radius 3 is 2.44 bits per heavy atom. The number of nitrogens with two attached hydrogens (primary N) is 1. The molecule has 4 fully saturated rings. The molecule has 0 radical (unpaired) electrons. The first-order valence-corrected chi connectivity index (χ1v) is 14.1. The van der Waals surface area contributed by atoms with E-state index < -0.39 is 22.7 Å². The average Bonchev–Trinajstić information content (AvgIpc) is 3.48. The number of imide groups is 1. The molecule has 12 heteroatoms. The van der Waals surface area contributed by atoms with Crippen molar-refractivity contribution in [2.45, 2.75) is 82.8 Å². The standard InChI is InChI=1S/C27H40N6O6/c1-4-5-11-31-21(34)19(20(28)29-2)22(35)33(25(31)38)18-6-9-26(10-7-18)15-27(16-26)23(36)30(3)24(37)32(27)13-17-8-12-39-14-17/h17-18,34H,4-16H2,1-3H3,(H2,28,29)/t17-,18?,26?,27?/m0/s1. The molecule has 3 amide bonds. The Morgan fingerprint density at radius 1 is 1.15 bits per heavy atom. The molecule has 4 aliphatic rings. The number of amides is 3. The molecule has 12 nitrogen and oxygen atoms in total. The number of carbonyl (C=O) groups is 2. The van der Waals surface area contributed by atoms with E-state index >= 15 is 0 Å². The highest BCUT2D eigenvalue weighted by molar-refractivity contribution is 6.07. The van der Waals surface area contributed by atoms with Crippen molar-refractivity contribution in [3.05, 3.63) is 26.4 Å². The van der Waals surface area contributed by atoms with Crippen LogP contribution in [-0.4, -0.2) is 81.2 Å². The normalized spacial score (nSPS) is 31.1. The van der Waals surface area contributed by atoms with Gasteiger partial charge in [-0.3, -0.25) is 28.6 Å². The van der Waals surface area contributed by atoms with Crippen LogP contribution in [0.25, 0.3) is 0 Å². The Hall–Kier alpha value is -3.15. The van der Waals surface area contributed by atoms with Crippen molar-refractivity contribution in [1.29, 1.82) is 0 Å². The van der Waals surface area contributed by atoms with Gasteiger partial charge in [-0.05, 0) is 56.8 Å². The lowest BCUT2D eigenvalue weighted by Crippen LogP contribution is -2.64. The van der Waals surface area contributed by atoms with Crippen LogP contribution >= 0.6 is 0 Å². The first-order chi connectivity index (χ1) is 18.6. The van der Waals surface area contributed by atoms with Crippen LogP contribution in [0.5, 0.6) is 5.88 Å². The number of ether oxygens (including phenoxy) is 1. The van der Waals surface area contributed by atoms with E-state index in [0.717, 1.165) is 25.7 Å². The van der Waals surface area contributed by atoms with Crippen LogP contribution in [0, 0.1) is 11.3 Å². The lowest BCUT2D eigenvalue weighted by atomic mass is 9.51. The van der Waals surface area contributed by atoms with Crippen LogP contribution in [0.3, 0.4) is 0 Å². The van der Waals surface area contributed by atoms with Crippen LogP contribution in [0.15, 0.2) is 14.6 Å². The van der Waals surface area contributed by atoms with Crippen molar-refractivity contribution in [2.24, 2.45) is 22.1 Å². The highest BCUT2D eigenvalue weighted by Gasteiger charge is 2.68. The summed E-state index contributed by atoms with van der Waals surface area (Å²) in [4.78, 5) is 60.1. The number of urea groups is 1. The molecule has 3 N–H and O–H groups in total. The molecule has 0 aromatic carbocycles. The lowest BCUT2D eigenvalue weighted by Gasteiger charge is -2.58. The number of carbonyl (C=O) groups excluding carboxylic acids is 2. The number of amidine groups is 1. The minimum Gasteiger partial charge on any atom is -0.494 e. The maximum absolute atomic E-state index is 13.4. The number of aliphatic imine (C=N–C) groups is 1. The van der Waals surface area contributed by atoms with Gasteiger partial charge < -0.3 is 20.5 Å². The van der Waals surface area contributed by atoms with E-state index in [2.05, 4.69) is 4.99 Å². The van der Waals surface area contributed by atoms with E-state index in [4.69, 9.17) is 10.5 Å². The SMILES string of the molecule is CCCCn1c(O)c(C(N)=NC)c(=O)n(C2CCC3(CC2)CC2(C3)C(=O)N(C)C(=O)N2C[C@@H]2CCOC2)c1=O. The molecule has 3 heterocycles. The maximum atomic E-state index is 13.4. The second-order valence-electron chi connectivity index (χ2n) is 11.9. The second-order valence-corrected chi connectivity index (χ2v) is 11.9. The van der Waals surface area contributed by atoms with Crippen molar-refractivity contribution in [2.75, 3.05) is 33.9 Å². The monoisotopic (exact) mass is 544 g/mol. The van der Waals surface area contributed by atoms with Gasteiger partial charge in [0.25, 0.3) is 11.5 Å². The molecule has 2 spiro atoms. The van der Waals surface area contributed by atoms with E-state index in [1.165, 1.54) is 21.1 Å². The van der Waals surface area contributed by atoms with Crippen molar-refractivity contribution < 1.29 is 19.4 Å². The smallest absolute Gasteiger partial charge is 0.334 e. The van der Waals surface area contributed by atoms with Gasteiger partial charge in [-0.2, -0.15) is 0 Å². The fourth-order valence-electron chi connectivity index (χ4n) is 7.31.